The molecule has 2 heterocycles. The predicted octanol–water partition coefficient (Wildman–Crippen LogP) is 4.50. The number of H-pyrrole nitrogens is 1. The molecule has 4 N–H and O–H groups in total. The molecular weight excluding hydrogens is 606 g/mol. The molecule has 0 aliphatic carbocycles. The van der Waals surface area contributed by atoms with Crippen LogP contribution in [-0.2, 0) is 22.6 Å². The molecule has 1 unspecified atom stereocenters. The second kappa shape index (κ2) is 19.9. The molecule has 0 bridgehead atoms. The fraction of sp³-hybridized carbons (Fsp3) is 0.400. The number of hydrogen-bond acceptors (Lipinski definition) is 10. The number of aliphatic hydroxyl groups is 3. The van der Waals surface area contributed by atoms with Crippen molar-refractivity contribution in [3.63, 3.8) is 0 Å². The maximum Gasteiger partial charge on any atom is 0.310 e. The minimum Gasteiger partial charge on any atom is -0.493 e. The zero-order chi connectivity index (χ0) is 34.0. The van der Waals surface area contributed by atoms with E-state index in [1.54, 1.807) is 13.0 Å². The highest BCUT2D eigenvalue weighted by Gasteiger charge is 2.24. The molecule has 12 nitrogen and oxygen atoms in total. The molecule has 4 aromatic rings. The van der Waals surface area contributed by atoms with Gasteiger partial charge in [-0.05, 0) is 80.1 Å². The van der Waals surface area contributed by atoms with Gasteiger partial charge in [-0.25, -0.2) is 0 Å². The fourth-order valence-electron chi connectivity index (χ4n) is 5.21. The normalized spacial score (nSPS) is 13.8. The summed E-state index contributed by atoms with van der Waals surface area (Å²) in [5, 5.41) is 39.5. The van der Waals surface area contributed by atoms with Gasteiger partial charge in [-0.15, -0.1) is 0 Å². The van der Waals surface area contributed by atoms with Crippen molar-refractivity contribution in [1.29, 1.82) is 0 Å². The number of para-hydroxylation sites is 1. The van der Waals surface area contributed by atoms with Crippen LogP contribution in [0.3, 0.4) is 0 Å². The second-order valence-corrected chi connectivity index (χ2v) is 10.9. The van der Waals surface area contributed by atoms with Crippen LogP contribution in [0.4, 0.5) is 5.69 Å². The van der Waals surface area contributed by atoms with Gasteiger partial charge >= 0.3 is 5.97 Å². The second-order valence-electron chi connectivity index (χ2n) is 10.9. The number of likely N-dealkylation sites (tertiary alicyclic amines) is 1. The van der Waals surface area contributed by atoms with E-state index in [9.17, 15) is 25.1 Å². The predicted molar refractivity (Wildman–Crippen MR) is 178 cm³/mol. The third kappa shape index (κ3) is 12.0. The molecule has 0 saturated carbocycles. The lowest BCUT2D eigenvalue weighted by Gasteiger charge is -2.33. The number of nitro benzene ring substituents is 1. The van der Waals surface area contributed by atoms with Crippen molar-refractivity contribution in [2.24, 2.45) is 5.92 Å². The number of hydrogen-bond donors (Lipinski definition) is 4. The van der Waals surface area contributed by atoms with Crippen LogP contribution in [-0.4, -0.2) is 88.8 Å². The van der Waals surface area contributed by atoms with Crippen molar-refractivity contribution in [2.75, 3.05) is 46.6 Å². The van der Waals surface area contributed by atoms with Crippen LogP contribution in [0.2, 0.25) is 0 Å². The van der Waals surface area contributed by atoms with Gasteiger partial charge in [-0.1, -0.05) is 36.4 Å². The van der Waals surface area contributed by atoms with E-state index in [0.29, 0.717) is 19.1 Å². The maximum absolute atomic E-state index is 11.9. The summed E-state index contributed by atoms with van der Waals surface area (Å²) >= 11 is 0. The quantitative estimate of drug-likeness (QED) is 0.0918. The van der Waals surface area contributed by atoms with Gasteiger partial charge in [0, 0.05) is 31.4 Å². The van der Waals surface area contributed by atoms with Gasteiger partial charge in [0.05, 0.1) is 36.7 Å². The van der Waals surface area contributed by atoms with Crippen LogP contribution >= 0.6 is 0 Å². The summed E-state index contributed by atoms with van der Waals surface area (Å²) in [6.45, 7) is 4.40. The van der Waals surface area contributed by atoms with E-state index in [-0.39, 0.29) is 43.2 Å². The lowest BCUT2D eigenvalue weighted by Crippen LogP contribution is -2.41. The number of aromatic amines is 1. The number of nitrogens with one attached hydrogen (secondary N) is 1. The van der Waals surface area contributed by atoms with Crippen molar-refractivity contribution in [3.05, 3.63) is 100 Å². The molecule has 1 saturated heterocycles. The van der Waals surface area contributed by atoms with Gasteiger partial charge in [0.2, 0.25) is 0 Å². The van der Waals surface area contributed by atoms with Crippen LogP contribution in [0, 0.1) is 16.0 Å². The maximum atomic E-state index is 11.9. The molecule has 1 aliphatic heterocycles. The number of aliphatic hydroxyl groups excluding tert-OH is 3. The number of esters is 1. The molecule has 3 aromatic carbocycles. The molecule has 0 amide bonds. The van der Waals surface area contributed by atoms with Crippen molar-refractivity contribution in [2.45, 2.75) is 38.9 Å². The Morgan fingerprint density at radius 3 is 2.49 bits per heavy atom. The van der Waals surface area contributed by atoms with E-state index in [1.165, 1.54) is 23.0 Å². The molecule has 254 valence electrons. The van der Waals surface area contributed by atoms with Crippen molar-refractivity contribution in [3.8, 4) is 11.5 Å². The van der Waals surface area contributed by atoms with E-state index in [4.69, 9.17) is 19.3 Å². The minimum atomic E-state index is -0.797. The van der Waals surface area contributed by atoms with E-state index in [1.807, 2.05) is 42.6 Å². The van der Waals surface area contributed by atoms with E-state index >= 15 is 0 Å². The first-order valence-electron chi connectivity index (χ1n) is 15.6. The number of β-amino-alcohol motifs (C(OH)–C–C–N with tert-alkyl or cyclic N) is 1. The van der Waals surface area contributed by atoms with Crippen LogP contribution < -0.4 is 9.47 Å². The van der Waals surface area contributed by atoms with Gasteiger partial charge in [-0.3, -0.25) is 14.9 Å². The Morgan fingerprint density at radius 1 is 1.04 bits per heavy atom. The number of nitrogens with zero attached hydrogens (tertiary/aromatic N) is 2. The SMILES string of the molecule is CCOC(=O)Cc1c(OCC(O)CN2CCC(COc3cccc(CO)c3)CC2)cccc1[N+](=O)[O-].CO.c1ccc2[nH]ccc2c1. The fourth-order valence-corrected chi connectivity index (χ4v) is 5.21. The molecule has 47 heavy (non-hydrogen) atoms. The molecular formula is C35H45N3O9. The highest BCUT2D eigenvalue weighted by Crippen LogP contribution is 2.29. The molecule has 1 aliphatic rings. The molecule has 0 spiro atoms. The number of carbonyl (C=O) groups excluding carboxylic acids is 1. The first kappa shape index (κ1) is 37.0. The zero-order valence-corrected chi connectivity index (χ0v) is 26.9. The third-order valence-corrected chi connectivity index (χ3v) is 7.57. The van der Waals surface area contributed by atoms with Crippen LogP contribution in [0.5, 0.6) is 11.5 Å². The van der Waals surface area contributed by atoms with Gasteiger partial charge in [0.1, 0.15) is 24.2 Å². The molecule has 1 aromatic heterocycles. The largest absolute Gasteiger partial charge is 0.493 e. The lowest BCUT2D eigenvalue weighted by atomic mass is 9.97. The smallest absolute Gasteiger partial charge is 0.310 e. The van der Waals surface area contributed by atoms with Gasteiger partial charge < -0.3 is 39.4 Å². The zero-order valence-electron chi connectivity index (χ0n) is 26.9. The Hall–Kier alpha value is -4.49. The molecule has 1 atom stereocenters. The van der Waals surface area contributed by atoms with Crippen LogP contribution in [0.1, 0.15) is 30.9 Å². The standard InChI is InChI=1S/C26H34N2O8.C8H7N.CH4O/c1-2-34-26(31)14-23-24(28(32)33)7-4-8-25(23)36-18-21(30)15-27-11-9-19(10-12-27)17-35-22-6-3-5-20(13-22)16-29;1-2-4-8-7(3-1)5-6-9-8;1-2/h3-8,13,19,21,29-30H,2,9-12,14-18H2,1H3;1-6,9H;2H,1H3. The molecule has 0 radical (unpaired) electrons. The average molecular weight is 652 g/mol. The Kier molecular flexibility index (Phi) is 15.7. The average Bonchev–Trinajstić information content (AvgIpc) is 3.58. The summed E-state index contributed by atoms with van der Waals surface area (Å²) in [4.78, 5) is 28.1. The minimum absolute atomic E-state index is 0.0183. The topological polar surface area (TPSA) is 168 Å². The van der Waals surface area contributed by atoms with Crippen molar-refractivity contribution < 1.29 is 39.2 Å². The summed E-state index contributed by atoms with van der Waals surface area (Å²) in [7, 11) is 1.00. The number of ether oxygens (including phenoxy) is 3. The van der Waals surface area contributed by atoms with E-state index in [0.717, 1.165) is 44.4 Å². The number of nitro groups is 1. The van der Waals surface area contributed by atoms with Crippen molar-refractivity contribution >= 4 is 22.6 Å². The number of fused-ring (bicyclic) bond motifs is 1. The third-order valence-electron chi connectivity index (χ3n) is 7.57. The van der Waals surface area contributed by atoms with Crippen molar-refractivity contribution in [1.82, 2.24) is 9.88 Å². The Labute approximate surface area is 274 Å². The summed E-state index contributed by atoms with van der Waals surface area (Å²) < 4.78 is 16.5. The first-order valence-corrected chi connectivity index (χ1v) is 15.6. The highest BCUT2D eigenvalue weighted by atomic mass is 16.6. The monoisotopic (exact) mass is 651 g/mol. The number of rotatable bonds is 13. The Bertz CT molecular complexity index is 1490. The number of aromatic nitrogens is 1. The summed E-state index contributed by atoms with van der Waals surface area (Å²) in [5.74, 6) is 0.769. The first-order chi connectivity index (χ1) is 22.9. The molecule has 5 rings (SSSR count). The lowest BCUT2D eigenvalue weighted by molar-refractivity contribution is -0.385. The van der Waals surface area contributed by atoms with E-state index < -0.39 is 17.0 Å². The molecule has 12 heteroatoms. The number of carbonyl (C=O) groups is 1. The van der Waals surface area contributed by atoms with Gasteiger partial charge in [-0.2, -0.15) is 0 Å². The van der Waals surface area contributed by atoms with Gasteiger partial charge in [0.15, 0.2) is 0 Å². The highest BCUT2D eigenvalue weighted by molar-refractivity contribution is 5.78. The Morgan fingerprint density at radius 2 is 1.79 bits per heavy atom. The number of benzene rings is 3. The summed E-state index contributed by atoms with van der Waals surface area (Å²) in [6, 6.07) is 22.1. The van der Waals surface area contributed by atoms with Gasteiger partial charge in [0.25, 0.3) is 5.69 Å². The van der Waals surface area contributed by atoms with Crippen LogP contribution in [0.15, 0.2) is 79.0 Å². The Balaban J connectivity index is 0.000000458. The van der Waals surface area contributed by atoms with Crippen LogP contribution in [0.25, 0.3) is 10.9 Å². The summed E-state index contributed by atoms with van der Waals surface area (Å²) in [5.41, 5.74) is 1.94. The summed E-state index contributed by atoms with van der Waals surface area (Å²) in [6.07, 6.45) is 2.73. The molecule has 1 fully saturated rings. The number of piperidine rings is 1. The van der Waals surface area contributed by atoms with E-state index in [2.05, 4.69) is 28.1 Å².